The number of para-hydroxylation sites is 1. The highest BCUT2D eigenvalue weighted by Gasteiger charge is 2.26. The molecule has 2 N–H and O–H groups in total. The lowest BCUT2D eigenvalue weighted by Crippen LogP contribution is -2.33. The predicted octanol–water partition coefficient (Wildman–Crippen LogP) is 1.44. The number of anilines is 1. The summed E-state index contributed by atoms with van der Waals surface area (Å²) in [4.78, 5) is 13.8. The van der Waals surface area contributed by atoms with Crippen molar-refractivity contribution in [2.45, 2.75) is 11.3 Å². The molecule has 126 valence electrons. The van der Waals surface area contributed by atoms with Gasteiger partial charge in [-0.15, -0.1) is 0 Å². The van der Waals surface area contributed by atoms with Crippen LogP contribution in [0.15, 0.2) is 47.4 Å². The van der Waals surface area contributed by atoms with Gasteiger partial charge in [-0.05, 0) is 42.3 Å². The minimum atomic E-state index is -3.78. The Kier molecular flexibility index (Phi) is 4.25. The lowest BCUT2D eigenvalue weighted by atomic mass is 10.2. The first-order chi connectivity index (χ1) is 11.4. The lowest BCUT2D eigenvalue weighted by molar-refractivity contribution is -0.120. The number of hydrogen-bond acceptors (Lipinski definition) is 4. The van der Waals surface area contributed by atoms with Crippen LogP contribution in [0.2, 0.25) is 0 Å². The SMILES string of the molecule is NS(=O)(=O)c1ccc2c(c1)CCN2C(=O)COc1ccccc1F. The molecule has 0 fully saturated rings. The number of carbonyl (C=O) groups is 1. The van der Waals surface area contributed by atoms with Gasteiger partial charge < -0.3 is 9.64 Å². The average Bonchev–Trinajstić information content (AvgIpc) is 2.96. The van der Waals surface area contributed by atoms with E-state index < -0.39 is 15.8 Å². The molecule has 6 nitrogen and oxygen atoms in total. The van der Waals surface area contributed by atoms with E-state index in [9.17, 15) is 17.6 Å². The number of rotatable bonds is 4. The number of amides is 1. The van der Waals surface area contributed by atoms with Crippen LogP contribution in [0.25, 0.3) is 0 Å². The molecular weight excluding hydrogens is 335 g/mol. The van der Waals surface area contributed by atoms with Crippen LogP contribution in [0.3, 0.4) is 0 Å². The zero-order valence-corrected chi connectivity index (χ0v) is 13.4. The normalized spacial score (nSPS) is 13.7. The van der Waals surface area contributed by atoms with Crippen molar-refractivity contribution in [2.24, 2.45) is 5.14 Å². The van der Waals surface area contributed by atoms with E-state index in [1.807, 2.05) is 0 Å². The van der Waals surface area contributed by atoms with Crippen LogP contribution in [-0.2, 0) is 21.2 Å². The minimum Gasteiger partial charge on any atom is -0.481 e. The Morgan fingerprint density at radius 2 is 2.00 bits per heavy atom. The second-order valence-corrected chi connectivity index (χ2v) is 6.91. The molecule has 0 spiro atoms. The fraction of sp³-hybridized carbons (Fsp3) is 0.188. The quantitative estimate of drug-likeness (QED) is 0.903. The number of nitrogens with zero attached hydrogens (tertiary/aromatic N) is 1. The topological polar surface area (TPSA) is 89.7 Å². The summed E-state index contributed by atoms with van der Waals surface area (Å²) in [5.74, 6) is -0.861. The Labute approximate surface area is 138 Å². The maximum Gasteiger partial charge on any atom is 0.264 e. The first-order valence-electron chi connectivity index (χ1n) is 7.19. The van der Waals surface area contributed by atoms with Gasteiger partial charge in [0.1, 0.15) is 0 Å². The van der Waals surface area contributed by atoms with Crippen molar-refractivity contribution in [3.63, 3.8) is 0 Å². The second kappa shape index (κ2) is 6.21. The van der Waals surface area contributed by atoms with Crippen LogP contribution in [0.5, 0.6) is 5.75 Å². The van der Waals surface area contributed by atoms with Gasteiger partial charge in [-0.3, -0.25) is 4.79 Å². The number of benzene rings is 2. The van der Waals surface area contributed by atoms with Crippen molar-refractivity contribution in [1.29, 1.82) is 0 Å². The third kappa shape index (κ3) is 3.24. The summed E-state index contributed by atoms with van der Waals surface area (Å²) in [6.45, 7) is 0.0974. The molecule has 0 saturated heterocycles. The van der Waals surface area contributed by atoms with Gasteiger partial charge in [-0.25, -0.2) is 17.9 Å². The van der Waals surface area contributed by atoms with Crippen molar-refractivity contribution in [3.05, 3.63) is 53.8 Å². The number of nitrogens with two attached hydrogens (primary N) is 1. The fourth-order valence-corrected chi connectivity index (χ4v) is 3.16. The maximum atomic E-state index is 13.5. The Balaban J connectivity index is 1.74. The first kappa shape index (κ1) is 16.4. The molecule has 2 aromatic rings. The number of fused-ring (bicyclic) bond motifs is 1. The number of halogens is 1. The summed E-state index contributed by atoms with van der Waals surface area (Å²) in [5.41, 5.74) is 1.34. The zero-order valence-electron chi connectivity index (χ0n) is 12.6. The molecule has 0 bridgehead atoms. The molecule has 0 aliphatic carbocycles. The highest BCUT2D eigenvalue weighted by atomic mass is 32.2. The van der Waals surface area contributed by atoms with Gasteiger partial charge in [-0.1, -0.05) is 12.1 Å². The molecule has 24 heavy (non-hydrogen) atoms. The van der Waals surface area contributed by atoms with Gasteiger partial charge in [0.25, 0.3) is 5.91 Å². The summed E-state index contributed by atoms with van der Waals surface area (Å²) >= 11 is 0. The molecule has 1 aliphatic heterocycles. The molecule has 0 radical (unpaired) electrons. The van der Waals surface area contributed by atoms with Gasteiger partial charge in [0.15, 0.2) is 18.2 Å². The smallest absolute Gasteiger partial charge is 0.264 e. The molecule has 1 aliphatic rings. The van der Waals surface area contributed by atoms with E-state index in [1.54, 1.807) is 12.1 Å². The van der Waals surface area contributed by atoms with Crippen LogP contribution < -0.4 is 14.8 Å². The lowest BCUT2D eigenvalue weighted by Gasteiger charge is -2.18. The van der Waals surface area contributed by atoms with Gasteiger partial charge in [0.05, 0.1) is 4.90 Å². The van der Waals surface area contributed by atoms with Gasteiger partial charge in [-0.2, -0.15) is 0 Å². The summed E-state index contributed by atoms with van der Waals surface area (Å²) in [6, 6.07) is 10.2. The molecule has 2 aromatic carbocycles. The Hall–Kier alpha value is -2.45. The molecule has 0 saturated carbocycles. The number of primary sulfonamides is 1. The van der Waals surface area contributed by atoms with E-state index in [0.29, 0.717) is 18.7 Å². The van der Waals surface area contributed by atoms with Gasteiger partial charge in [0.2, 0.25) is 10.0 Å². The largest absolute Gasteiger partial charge is 0.481 e. The van der Waals surface area contributed by atoms with Crippen molar-refractivity contribution in [1.82, 2.24) is 0 Å². The van der Waals surface area contributed by atoms with Crippen molar-refractivity contribution in [2.75, 3.05) is 18.1 Å². The summed E-state index contributed by atoms with van der Waals surface area (Å²) in [7, 11) is -3.78. The molecular formula is C16H15FN2O4S. The second-order valence-electron chi connectivity index (χ2n) is 5.35. The standard InChI is InChI=1S/C16H15FN2O4S/c17-13-3-1-2-4-15(13)23-10-16(20)19-8-7-11-9-12(24(18,21)22)5-6-14(11)19/h1-6,9H,7-8,10H2,(H2,18,21,22). The highest BCUT2D eigenvalue weighted by Crippen LogP contribution is 2.30. The number of carbonyl (C=O) groups excluding carboxylic acids is 1. The van der Waals surface area contributed by atoms with Crippen LogP contribution in [0.4, 0.5) is 10.1 Å². The summed E-state index contributed by atoms with van der Waals surface area (Å²) in [6.07, 6.45) is 0.518. The molecule has 0 atom stereocenters. The van der Waals surface area contributed by atoms with E-state index >= 15 is 0 Å². The number of ether oxygens (including phenoxy) is 1. The van der Waals surface area contributed by atoms with E-state index in [0.717, 1.165) is 5.56 Å². The predicted molar refractivity (Wildman–Crippen MR) is 85.8 cm³/mol. The first-order valence-corrected chi connectivity index (χ1v) is 8.74. The third-order valence-electron chi connectivity index (χ3n) is 3.76. The van der Waals surface area contributed by atoms with Gasteiger partial charge >= 0.3 is 0 Å². The van der Waals surface area contributed by atoms with E-state index in [2.05, 4.69) is 0 Å². The number of hydrogen-bond donors (Lipinski definition) is 1. The monoisotopic (exact) mass is 350 g/mol. The molecule has 1 heterocycles. The summed E-state index contributed by atoms with van der Waals surface area (Å²) in [5, 5.41) is 5.11. The molecule has 1 amide bonds. The zero-order chi connectivity index (χ0) is 17.3. The average molecular weight is 350 g/mol. The van der Waals surface area contributed by atoms with Crippen molar-refractivity contribution < 1.29 is 22.3 Å². The summed E-state index contributed by atoms with van der Waals surface area (Å²) < 4.78 is 41.5. The van der Waals surface area contributed by atoms with Crippen LogP contribution >= 0.6 is 0 Å². The van der Waals surface area contributed by atoms with Gasteiger partial charge in [0, 0.05) is 12.2 Å². The molecule has 8 heteroatoms. The Morgan fingerprint density at radius 3 is 2.71 bits per heavy atom. The fourth-order valence-electron chi connectivity index (χ4n) is 2.59. The Bertz CT molecular complexity index is 899. The molecule has 0 aromatic heterocycles. The Morgan fingerprint density at radius 1 is 1.25 bits per heavy atom. The molecule has 3 rings (SSSR count). The molecule has 0 unspecified atom stereocenters. The third-order valence-corrected chi connectivity index (χ3v) is 4.67. The maximum absolute atomic E-state index is 13.5. The van der Waals surface area contributed by atoms with Crippen LogP contribution in [0.1, 0.15) is 5.56 Å². The van der Waals surface area contributed by atoms with Crippen LogP contribution in [0, 0.1) is 5.82 Å². The van der Waals surface area contributed by atoms with Crippen molar-refractivity contribution >= 4 is 21.6 Å². The highest BCUT2D eigenvalue weighted by molar-refractivity contribution is 7.89. The van der Waals surface area contributed by atoms with E-state index in [-0.39, 0.29) is 23.2 Å². The van der Waals surface area contributed by atoms with E-state index in [4.69, 9.17) is 9.88 Å². The minimum absolute atomic E-state index is 0.00911. The van der Waals surface area contributed by atoms with E-state index in [1.165, 1.54) is 35.2 Å². The number of sulfonamides is 1. The van der Waals surface area contributed by atoms with Crippen molar-refractivity contribution in [3.8, 4) is 5.75 Å². The van der Waals surface area contributed by atoms with Crippen LogP contribution in [-0.4, -0.2) is 27.5 Å².